The maximum Gasteiger partial charge on any atom is 0.336 e. The highest BCUT2D eigenvalue weighted by molar-refractivity contribution is 5.92. The third kappa shape index (κ3) is 7.07. The number of rotatable bonds is 7. The van der Waals surface area contributed by atoms with Gasteiger partial charge in [-0.15, -0.1) is 0 Å². The Morgan fingerprint density at radius 3 is 2.50 bits per heavy atom. The highest BCUT2D eigenvalue weighted by Crippen LogP contribution is 2.19. The van der Waals surface area contributed by atoms with E-state index < -0.39 is 11.9 Å². The monoisotopic (exact) mass is 304 g/mol. The molecule has 0 heterocycles. The second-order valence-corrected chi connectivity index (χ2v) is 5.73. The number of ether oxygens (including phenoxy) is 2. The molecule has 0 bridgehead atoms. The van der Waals surface area contributed by atoms with Gasteiger partial charge in [-0.3, -0.25) is 0 Å². The Morgan fingerprint density at radius 1 is 1.14 bits per heavy atom. The average Bonchev–Trinajstić information content (AvgIpc) is 2.45. The van der Waals surface area contributed by atoms with E-state index in [-0.39, 0.29) is 0 Å². The lowest BCUT2D eigenvalue weighted by Gasteiger charge is -2.06. The molecule has 0 aliphatic rings. The first-order valence-corrected chi connectivity index (χ1v) is 7.52. The third-order valence-electron chi connectivity index (χ3n) is 3.08. The zero-order valence-electron chi connectivity index (χ0n) is 13.7. The lowest BCUT2D eigenvalue weighted by Crippen LogP contribution is -2.08. The van der Waals surface area contributed by atoms with Gasteiger partial charge in [-0.2, -0.15) is 0 Å². The van der Waals surface area contributed by atoms with Crippen LogP contribution in [-0.2, 0) is 14.3 Å². The van der Waals surface area contributed by atoms with Crippen LogP contribution < -0.4 is 4.74 Å². The normalized spacial score (nSPS) is 11.0. The molecular formula is C18H24O4. The summed E-state index contributed by atoms with van der Waals surface area (Å²) in [7, 11) is 0. The minimum absolute atomic E-state index is 0.368. The highest BCUT2D eigenvalue weighted by atomic mass is 16.5. The molecule has 1 aromatic rings. The fourth-order valence-electron chi connectivity index (χ4n) is 1.81. The SMILES string of the molecule is Cc1ccc(C)c(OC(=O)/C=C/C(=O)OCCCC(C)C)c1. The van der Waals surface area contributed by atoms with Crippen molar-refractivity contribution in [2.24, 2.45) is 5.92 Å². The molecule has 0 saturated heterocycles. The number of carbonyl (C=O) groups is 2. The predicted octanol–water partition coefficient (Wildman–Crippen LogP) is 3.74. The van der Waals surface area contributed by atoms with Crippen LogP contribution in [0.1, 0.15) is 37.8 Å². The van der Waals surface area contributed by atoms with Gasteiger partial charge in [-0.1, -0.05) is 26.0 Å². The summed E-state index contributed by atoms with van der Waals surface area (Å²) < 4.78 is 10.2. The molecule has 22 heavy (non-hydrogen) atoms. The predicted molar refractivity (Wildman–Crippen MR) is 85.7 cm³/mol. The van der Waals surface area contributed by atoms with Gasteiger partial charge in [0, 0.05) is 12.2 Å². The van der Waals surface area contributed by atoms with Crippen LogP contribution in [0.2, 0.25) is 0 Å². The molecule has 0 atom stereocenters. The van der Waals surface area contributed by atoms with Crippen LogP contribution in [0.4, 0.5) is 0 Å². The summed E-state index contributed by atoms with van der Waals surface area (Å²) in [5, 5.41) is 0. The molecule has 0 fully saturated rings. The van der Waals surface area contributed by atoms with Gasteiger partial charge in [0.1, 0.15) is 5.75 Å². The van der Waals surface area contributed by atoms with E-state index in [1.807, 2.05) is 26.0 Å². The Kier molecular flexibility index (Phi) is 7.37. The Morgan fingerprint density at radius 2 is 1.82 bits per heavy atom. The molecule has 0 unspecified atom stereocenters. The van der Waals surface area contributed by atoms with Crippen molar-refractivity contribution in [3.8, 4) is 5.75 Å². The summed E-state index contributed by atoms with van der Waals surface area (Å²) in [6, 6.07) is 5.60. The zero-order chi connectivity index (χ0) is 16.5. The standard InChI is InChI=1S/C18H24O4/c1-13(2)6-5-11-21-17(19)9-10-18(20)22-16-12-14(3)7-8-15(16)4/h7-10,12-13H,5-6,11H2,1-4H3/b10-9+. The number of aryl methyl sites for hydroxylation is 2. The lowest BCUT2D eigenvalue weighted by molar-refractivity contribution is -0.138. The van der Waals surface area contributed by atoms with Gasteiger partial charge in [0.25, 0.3) is 0 Å². The van der Waals surface area contributed by atoms with Gasteiger partial charge in [-0.05, 0) is 49.8 Å². The molecule has 0 aromatic heterocycles. The van der Waals surface area contributed by atoms with Crippen LogP contribution in [0.25, 0.3) is 0 Å². The topological polar surface area (TPSA) is 52.6 Å². The minimum Gasteiger partial charge on any atom is -0.463 e. The largest absolute Gasteiger partial charge is 0.463 e. The van der Waals surface area contributed by atoms with Crippen molar-refractivity contribution in [2.75, 3.05) is 6.61 Å². The number of carbonyl (C=O) groups excluding carboxylic acids is 2. The zero-order valence-corrected chi connectivity index (χ0v) is 13.7. The van der Waals surface area contributed by atoms with E-state index in [0.29, 0.717) is 18.3 Å². The van der Waals surface area contributed by atoms with Crippen molar-refractivity contribution in [1.82, 2.24) is 0 Å². The molecule has 1 rings (SSSR count). The quantitative estimate of drug-likeness (QED) is 0.333. The first-order valence-electron chi connectivity index (χ1n) is 7.52. The Balaban J connectivity index is 2.40. The van der Waals surface area contributed by atoms with Gasteiger partial charge >= 0.3 is 11.9 Å². The molecule has 0 aliphatic carbocycles. The molecule has 0 spiro atoms. The Bertz CT molecular complexity index is 544. The van der Waals surface area contributed by atoms with Crippen molar-refractivity contribution in [1.29, 1.82) is 0 Å². The Hall–Kier alpha value is -2.10. The smallest absolute Gasteiger partial charge is 0.336 e. The summed E-state index contributed by atoms with van der Waals surface area (Å²) in [6.07, 6.45) is 4.02. The van der Waals surface area contributed by atoms with Gasteiger partial charge in [-0.25, -0.2) is 9.59 Å². The van der Waals surface area contributed by atoms with Crippen LogP contribution >= 0.6 is 0 Å². The minimum atomic E-state index is -0.590. The molecule has 0 radical (unpaired) electrons. The summed E-state index contributed by atoms with van der Waals surface area (Å²) in [5.74, 6) is -0.0313. The van der Waals surface area contributed by atoms with E-state index >= 15 is 0 Å². The molecule has 0 saturated carbocycles. The van der Waals surface area contributed by atoms with Gasteiger partial charge in [0.05, 0.1) is 6.61 Å². The van der Waals surface area contributed by atoms with Gasteiger partial charge in [0.15, 0.2) is 0 Å². The van der Waals surface area contributed by atoms with E-state index in [4.69, 9.17) is 9.47 Å². The summed E-state index contributed by atoms with van der Waals surface area (Å²) >= 11 is 0. The van der Waals surface area contributed by atoms with Crippen LogP contribution in [0.3, 0.4) is 0 Å². The van der Waals surface area contributed by atoms with Gasteiger partial charge in [0.2, 0.25) is 0 Å². The van der Waals surface area contributed by atoms with Crippen molar-refractivity contribution in [2.45, 2.75) is 40.5 Å². The molecule has 120 valence electrons. The fourth-order valence-corrected chi connectivity index (χ4v) is 1.81. The van der Waals surface area contributed by atoms with Crippen molar-refractivity contribution < 1.29 is 19.1 Å². The number of hydrogen-bond acceptors (Lipinski definition) is 4. The number of esters is 2. The molecule has 1 aromatic carbocycles. The van der Waals surface area contributed by atoms with Crippen LogP contribution in [-0.4, -0.2) is 18.5 Å². The summed E-state index contributed by atoms with van der Waals surface area (Å²) in [4.78, 5) is 23.1. The first kappa shape index (κ1) is 18.0. The van der Waals surface area contributed by atoms with E-state index in [1.54, 1.807) is 6.07 Å². The van der Waals surface area contributed by atoms with Crippen LogP contribution in [0, 0.1) is 19.8 Å². The molecule has 4 heteroatoms. The Labute approximate surface area is 132 Å². The third-order valence-corrected chi connectivity index (χ3v) is 3.08. The lowest BCUT2D eigenvalue weighted by atomic mass is 10.1. The van der Waals surface area contributed by atoms with Crippen molar-refractivity contribution >= 4 is 11.9 Å². The maximum absolute atomic E-state index is 11.7. The number of benzene rings is 1. The summed E-state index contributed by atoms with van der Waals surface area (Å²) in [6.45, 7) is 8.37. The van der Waals surface area contributed by atoms with Gasteiger partial charge < -0.3 is 9.47 Å². The van der Waals surface area contributed by atoms with Crippen molar-refractivity contribution in [3.63, 3.8) is 0 Å². The molecule has 0 amide bonds. The van der Waals surface area contributed by atoms with Crippen LogP contribution in [0.15, 0.2) is 30.4 Å². The van der Waals surface area contributed by atoms with Crippen LogP contribution in [0.5, 0.6) is 5.75 Å². The second kappa shape index (κ2) is 9.03. The average molecular weight is 304 g/mol. The highest BCUT2D eigenvalue weighted by Gasteiger charge is 2.06. The van der Waals surface area contributed by atoms with E-state index in [1.165, 1.54) is 0 Å². The fraction of sp³-hybridized carbons (Fsp3) is 0.444. The second-order valence-electron chi connectivity index (χ2n) is 5.73. The van der Waals surface area contributed by atoms with E-state index in [0.717, 1.165) is 36.1 Å². The van der Waals surface area contributed by atoms with E-state index in [2.05, 4.69) is 13.8 Å². The maximum atomic E-state index is 11.7. The summed E-state index contributed by atoms with van der Waals surface area (Å²) in [5.41, 5.74) is 1.87. The van der Waals surface area contributed by atoms with E-state index in [9.17, 15) is 9.59 Å². The molecule has 0 N–H and O–H groups in total. The molecule has 0 aliphatic heterocycles. The number of hydrogen-bond donors (Lipinski definition) is 0. The van der Waals surface area contributed by atoms with Crippen molar-refractivity contribution in [3.05, 3.63) is 41.5 Å². The first-order chi connectivity index (χ1) is 10.4. The molecule has 4 nitrogen and oxygen atoms in total. The molecular weight excluding hydrogens is 280 g/mol.